The van der Waals surface area contributed by atoms with Gasteiger partial charge in [-0.05, 0) is 68.1 Å². The molecule has 0 saturated heterocycles. The highest BCUT2D eigenvalue weighted by atomic mass is 79.9. The van der Waals surface area contributed by atoms with Gasteiger partial charge in [0.25, 0.3) is 0 Å². The first-order chi connectivity index (χ1) is 13.7. The van der Waals surface area contributed by atoms with Crippen LogP contribution in [0.1, 0.15) is 0 Å². The molecule has 0 aliphatic carbocycles. The van der Waals surface area contributed by atoms with Gasteiger partial charge >= 0.3 is 0 Å². The Hall–Kier alpha value is -2.42. The number of fused-ring (bicyclic) bond motifs is 3. The van der Waals surface area contributed by atoms with E-state index in [9.17, 15) is 0 Å². The third kappa shape index (κ3) is 2.97. The maximum absolute atomic E-state index is 3.57. The van der Waals surface area contributed by atoms with Crippen molar-refractivity contribution < 1.29 is 0 Å². The third-order valence-corrected chi connectivity index (χ3v) is 6.26. The monoisotopic (exact) mass is 486 g/mol. The smallest absolute Gasteiger partial charge is 0.0175 e. The summed E-state index contributed by atoms with van der Waals surface area (Å²) >= 11 is 7.15. The summed E-state index contributed by atoms with van der Waals surface area (Å²) < 4.78 is 2.18. The van der Waals surface area contributed by atoms with E-state index in [1.165, 1.54) is 43.8 Å². The van der Waals surface area contributed by atoms with Crippen molar-refractivity contribution in [1.29, 1.82) is 0 Å². The molecule has 28 heavy (non-hydrogen) atoms. The molecule has 0 N–H and O–H groups in total. The Labute approximate surface area is 181 Å². The number of hydrogen-bond acceptors (Lipinski definition) is 0. The second-order valence-electron chi connectivity index (χ2n) is 6.85. The van der Waals surface area contributed by atoms with Crippen LogP contribution in [0.2, 0.25) is 0 Å². The molecule has 0 aliphatic rings. The summed E-state index contributed by atoms with van der Waals surface area (Å²) in [6, 6.07) is 34.7. The molecule has 0 atom stereocenters. The summed E-state index contributed by atoms with van der Waals surface area (Å²) in [5.41, 5.74) is 5.01. The fraction of sp³-hybridized carbons (Fsp3) is 0. The minimum atomic E-state index is 1.09. The average molecular weight is 488 g/mol. The van der Waals surface area contributed by atoms with Crippen LogP contribution in [0.5, 0.6) is 0 Å². The molecule has 5 aromatic rings. The molecule has 2 heteroatoms. The topological polar surface area (TPSA) is 0 Å². The van der Waals surface area contributed by atoms with Gasteiger partial charge in [-0.1, -0.05) is 105 Å². The van der Waals surface area contributed by atoms with Crippen LogP contribution in [-0.2, 0) is 0 Å². The van der Waals surface area contributed by atoms with Crippen LogP contribution in [0.4, 0.5) is 0 Å². The van der Waals surface area contributed by atoms with Gasteiger partial charge in [0, 0.05) is 8.95 Å². The molecule has 134 valence electrons. The van der Waals surface area contributed by atoms with Crippen molar-refractivity contribution >= 4 is 53.4 Å². The zero-order valence-electron chi connectivity index (χ0n) is 15.0. The molecule has 0 aromatic heterocycles. The van der Waals surface area contributed by atoms with Crippen molar-refractivity contribution in [1.82, 2.24) is 0 Å². The fourth-order valence-electron chi connectivity index (χ4n) is 3.97. The summed E-state index contributed by atoms with van der Waals surface area (Å²) in [5.74, 6) is 0. The molecule has 0 radical (unpaired) electrons. The van der Waals surface area contributed by atoms with E-state index >= 15 is 0 Å². The van der Waals surface area contributed by atoms with Crippen LogP contribution in [-0.4, -0.2) is 0 Å². The predicted octanol–water partition coefficient (Wildman–Crippen LogP) is 8.85. The zero-order valence-corrected chi connectivity index (χ0v) is 18.2. The molecule has 0 unspecified atom stereocenters. The minimum Gasteiger partial charge on any atom is -0.0616 e. The van der Waals surface area contributed by atoms with Gasteiger partial charge < -0.3 is 0 Å². The lowest BCUT2D eigenvalue weighted by atomic mass is 9.85. The largest absolute Gasteiger partial charge is 0.0616 e. The SMILES string of the molecule is Brc1ccc(-c2c(-c3ccc(Br)cc3)c3ccccc3c3ccccc23)cc1. The molecule has 0 aliphatic heterocycles. The van der Waals surface area contributed by atoms with Crippen LogP contribution >= 0.6 is 31.9 Å². The number of benzene rings is 5. The van der Waals surface area contributed by atoms with Gasteiger partial charge in [-0.25, -0.2) is 0 Å². The standard InChI is InChI=1S/C26H16Br2/c27-19-13-9-17(10-14-19)25-23-7-3-1-5-21(23)22-6-2-4-8-24(22)26(25)18-11-15-20(28)16-12-18/h1-16H. The van der Waals surface area contributed by atoms with Gasteiger partial charge in [-0.3, -0.25) is 0 Å². The van der Waals surface area contributed by atoms with Crippen LogP contribution in [0.25, 0.3) is 43.8 Å². The average Bonchev–Trinajstić information content (AvgIpc) is 2.74. The van der Waals surface area contributed by atoms with E-state index in [0.717, 1.165) is 8.95 Å². The molecule has 0 nitrogen and oxygen atoms in total. The summed E-state index contributed by atoms with van der Waals surface area (Å²) in [6.45, 7) is 0. The van der Waals surface area contributed by atoms with Crippen LogP contribution in [0.3, 0.4) is 0 Å². The Morgan fingerprint density at radius 3 is 1.04 bits per heavy atom. The Balaban J connectivity index is 2.00. The number of hydrogen-bond donors (Lipinski definition) is 0. The Bertz CT molecular complexity index is 1200. The maximum Gasteiger partial charge on any atom is 0.0175 e. The quantitative estimate of drug-likeness (QED) is 0.218. The Kier molecular flexibility index (Phi) is 4.54. The van der Waals surface area contributed by atoms with Gasteiger partial charge in [0.1, 0.15) is 0 Å². The molecule has 0 bridgehead atoms. The molecule has 0 spiro atoms. The lowest BCUT2D eigenvalue weighted by molar-refractivity contribution is 1.59. The second-order valence-corrected chi connectivity index (χ2v) is 8.69. The summed E-state index contributed by atoms with van der Waals surface area (Å²) in [7, 11) is 0. The molecule has 5 rings (SSSR count). The van der Waals surface area contributed by atoms with Crippen molar-refractivity contribution in [3.05, 3.63) is 106 Å². The highest BCUT2D eigenvalue weighted by molar-refractivity contribution is 9.10. The van der Waals surface area contributed by atoms with Gasteiger partial charge in [0.2, 0.25) is 0 Å². The molecule has 0 fully saturated rings. The zero-order chi connectivity index (χ0) is 19.1. The van der Waals surface area contributed by atoms with Crippen molar-refractivity contribution in [2.75, 3.05) is 0 Å². The first kappa shape index (κ1) is 17.7. The number of rotatable bonds is 2. The second kappa shape index (κ2) is 7.20. The van der Waals surface area contributed by atoms with Crippen LogP contribution < -0.4 is 0 Å². The van der Waals surface area contributed by atoms with Crippen molar-refractivity contribution in [2.45, 2.75) is 0 Å². The molecular formula is C26H16Br2. The summed E-state index contributed by atoms with van der Waals surface area (Å²) in [4.78, 5) is 0. The van der Waals surface area contributed by atoms with Gasteiger partial charge in [-0.2, -0.15) is 0 Å². The minimum absolute atomic E-state index is 1.09. The lowest BCUT2D eigenvalue weighted by Gasteiger charge is -2.18. The fourth-order valence-corrected chi connectivity index (χ4v) is 4.50. The van der Waals surface area contributed by atoms with E-state index in [1.54, 1.807) is 0 Å². The lowest BCUT2D eigenvalue weighted by Crippen LogP contribution is -1.91. The van der Waals surface area contributed by atoms with Crippen molar-refractivity contribution in [3.8, 4) is 22.3 Å². The van der Waals surface area contributed by atoms with E-state index in [0.29, 0.717) is 0 Å². The molecule has 5 aromatic carbocycles. The van der Waals surface area contributed by atoms with Gasteiger partial charge in [-0.15, -0.1) is 0 Å². The van der Waals surface area contributed by atoms with Crippen LogP contribution in [0, 0.1) is 0 Å². The highest BCUT2D eigenvalue weighted by Gasteiger charge is 2.17. The van der Waals surface area contributed by atoms with E-state index in [-0.39, 0.29) is 0 Å². The van der Waals surface area contributed by atoms with Gasteiger partial charge in [0.05, 0.1) is 0 Å². The molecule has 0 amide bonds. The van der Waals surface area contributed by atoms with E-state index in [4.69, 9.17) is 0 Å². The highest BCUT2D eigenvalue weighted by Crippen LogP contribution is 2.44. The first-order valence-corrected chi connectivity index (χ1v) is 10.8. The van der Waals surface area contributed by atoms with E-state index < -0.39 is 0 Å². The van der Waals surface area contributed by atoms with E-state index in [2.05, 4.69) is 129 Å². The molecular weight excluding hydrogens is 472 g/mol. The Morgan fingerprint density at radius 2 is 0.679 bits per heavy atom. The van der Waals surface area contributed by atoms with Crippen molar-refractivity contribution in [3.63, 3.8) is 0 Å². The van der Waals surface area contributed by atoms with E-state index in [1.807, 2.05) is 0 Å². The number of halogens is 2. The van der Waals surface area contributed by atoms with Crippen LogP contribution in [0.15, 0.2) is 106 Å². The predicted molar refractivity (Wildman–Crippen MR) is 128 cm³/mol. The Morgan fingerprint density at radius 1 is 0.357 bits per heavy atom. The first-order valence-electron chi connectivity index (χ1n) is 9.18. The van der Waals surface area contributed by atoms with Gasteiger partial charge in [0.15, 0.2) is 0 Å². The van der Waals surface area contributed by atoms with Crippen molar-refractivity contribution in [2.24, 2.45) is 0 Å². The molecule has 0 saturated carbocycles. The normalized spacial score (nSPS) is 11.2. The third-order valence-electron chi connectivity index (χ3n) is 5.20. The maximum atomic E-state index is 3.57. The molecule has 0 heterocycles. The summed E-state index contributed by atoms with van der Waals surface area (Å²) in [6.07, 6.45) is 0. The summed E-state index contributed by atoms with van der Waals surface area (Å²) in [5, 5.41) is 5.14.